The SMILES string of the molecule is CCCCOc1ccccc1C=C(C)C. The van der Waals surface area contributed by atoms with Gasteiger partial charge in [0.25, 0.3) is 0 Å². The lowest BCUT2D eigenvalue weighted by Crippen LogP contribution is -1.97. The molecule has 0 amide bonds. The summed E-state index contributed by atoms with van der Waals surface area (Å²) in [6.07, 6.45) is 4.44. The lowest BCUT2D eigenvalue weighted by Gasteiger charge is -2.08. The van der Waals surface area contributed by atoms with Gasteiger partial charge >= 0.3 is 0 Å². The molecule has 0 spiro atoms. The van der Waals surface area contributed by atoms with Crippen LogP contribution in [0.25, 0.3) is 6.08 Å². The molecule has 1 nitrogen and oxygen atoms in total. The van der Waals surface area contributed by atoms with E-state index in [0.717, 1.165) is 18.8 Å². The minimum atomic E-state index is 0.810. The van der Waals surface area contributed by atoms with E-state index in [2.05, 4.69) is 32.9 Å². The smallest absolute Gasteiger partial charge is 0.126 e. The third-order valence-corrected chi connectivity index (χ3v) is 2.12. The van der Waals surface area contributed by atoms with Crippen molar-refractivity contribution in [1.29, 1.82) is 0 Å². The summed E-state index contributed by atoms with van der Waals surface area (Å²) in [5.74, 6) is 0.993. The van der Waals surface area contributed by atoms with Crippen LogP contribution in [0.3, 0.4) is 0 Å². The lowest BCUT2D eigenvalue weighted by atomic mass is 10.1. The van der Waals surface area contributed by atoms with Crippen molar-refractivity contribution < 1.29 is 4.74 Å². The van der Waals surface area contributed by atoms with Crippen LogP contribution >= 0.6 is 0 Å². The summed E-state index contributed by atoms with van der Waals surface area (Å²) in [5.41, 5.74) is 2.47. The molecule has 0 aromatic heterocycles. The second-order valence-electron chi connectivity index (χ2n) is 3.96. The second-order valence-corrected chi connectivity index (χ2v) is 3.96. The van der Waals surface area contributed by atoms with E-state index in [-0.39, 0.29) is 0 Å². The molecule has 1 rings (SSSR count). The van der Waals surface area contributed by atoms with Gasteiger partial charge in [-0.3, -0.25) is 0 Å². The normalized spacial score (nSPS) is 9.80. The van der Waals surface area contributed by atoms with Crippen LogP contribution in [0.15, 0.2) is 29.8 Å². The molecule has 0 saturated heterocycles. The van der Waals surface area contributed by atoms with Crippen LogP contribution in [0.5, 0.6) is 5.75 Å². The summed E-state index contributed by atoms with van der Waals surface area (Å²) in [7, 11) is 0. The van der Waals surface area contributed by atoms with Gasteiger partial charge in [-0.25, -0.2) is 0 Å². The molecule has 0 N–H and O–H groups in total. The van der Waals surface area contributed by atoms with E-state index in [0.29, 0.717) is 0 Å². The Kier molecular flexibility index (Phi) is 4.96. The van der Waals surface area contributed by atoms with Crippen LogP contribution in [-0.2, 0) is 0 Å². The summed E-state index contributed by atoms with van der Waals surface area (Å²) in [5, 5.41) is 0. The zero-order chi connectivity index (χ0) is 11.1. The molecule has 0 aliphatic heterocycles. The average molecular weight is 204 g/mol. The van der Waals surface area contributed by atoms with E-state index in [4.69, 9.17) is 4.74 Å². The number of para-hydroxylation sites is 1. The fraction of sp³-hybridized carbons (Fsp3) is 0.429. The first-order valence-electron chi connectivity index (χ1n) is 5.60. The van der Waals surface area contributed by atoms with E-state index in [9.17, 15) is 0 Å². The molecule has 0 bridgehead atoms. The van der Waals surface area contributed by atoms with Gasteiger partial charge in [0, 0.05) is 5.56 Å². The van der Waals surface area contributed by atoms with Gasteiger partial charge in [0.15, 0.2) is 0 Å². The maximum Gasteiger partial charge on any atom is 0.126 e. The van der Waals surface area contributed by atoms with Gasteiger partial charge in [-0.1, -0.05) is 43.2 Å². The van der Waals surface area contributed by atoms with E-state index in [1.807, 2.05) is 18.2 Å². The van der Waals surface area contributed by atoms with Crippen LogP contribution in [0, 0.1) is 0 Å². The van der Waals surface area contributed by atoms with Gasteiger partial charge in [-0.2, -0.15) is 0 Å². The first-order chi connectivity index (χ1) is 7.24. The predicted octanol–water partition coefficient (Wildman–Crippen LogP) is 4.29. The Bertz CT molecular complexity index is 322. The highest BCUT2D eigenvalue weighted by molar-refractivity contribution is 5.58. The van der Waals surface area contributed by atoms with Crippen molar-refractivity contribution in [1.82, 2.24) is 0 Å². The highest BCUT2D eigenvalue weighted by Crippen LogP contribution is 2.21. The minimum absolute atomic E-state index is 0.810. The number of allylic oxidation sites excluding steroid dienone is 1. The van der Waals surface area contributed by atoms with Gasteiger partial charge in [-0.05, 0) is 26.3 Å². The van der Waals surface area contributed by atoms with Crippen molar-refractivity contribution in [3.8, 4) is 5.75 Å². The largest absolute Gasteiger partial charge is 0.493 e. The molecule has 1 heteroatoms. The molecule has 0 aliphatic carbocycles. The topological polar surface area (TPSA) is 9.23 Å². The Hall–Kier alpha value is -1.24. The van der Waals surface area contributed by atoms with Crippen LogP contribution in [0.1, 0.15) is 39.2 Å². The second kappa shape index (κ2) is 6.28. The third kappa shape index (κ3) is 4.20. The van der Waals surface area contributed by atoms with E-state index in [1.165, 1.54) is 17.6 Å². The summed E-state index contributed by atoms with van der Waals surface area (Å²) < 4.78 is 5.73. The molecule has 1 aromatic carbocycles. The quantitative estimate of drug-likeness (QED) is 0.650. The summed E-state index contributed by atoms with van der Waals surface area (Å²) >= 11 is 0. The predicted molar refractivity (Wildman–Crippen MR) is 66.2 cm³/mol. The zero-order valence-electron chi connectivity index (χ0n) is 9.92. The number of hydrogen-bond acceptors (Lipinski definition) is 1. The standard InChI is InChI=1S/C14H20O/c1-4-5-10-15-14-9-7-6-8-13(14)11-12(2)3/h6-9,11H,4-5,10H2,1-3H3. The van der Waals surface area contributed by atoms with Crippen molar-refractivity contribution in [2.75, 3.05) is 6.61 Å². The Morgan fingerprint density at radius 3 is 2.67 bits per heavy atom. The highest BCUT2D eigenvalue weighted by atomic mass is 16.5. The first kappa shape index (κ1) is 11.8. The van der Waals surface area contributed by atoms with Gasteiger partial charge < -0.3 is 4.74 Å². The molecule has 0 atom stereocenters. The molecule has 15 heavy (non-hydrogen) atoms. The Morgan fingerprint density at radius 1 is 1.27 bits per heavy atom. The number of rotatable bonds is 5. The molecule has 82 valence electrons. The molecule has 0 radical (unpaired) electrons. The molecule has 1 aromatic rings. The fourth-order valence-electron chi connectivity index (χ4n) is 1.37. The van der Waals surface area contributed by atoms with E-state index < -0.39 is 0 Å². The van der Waals surface area contributed by atoms with Crippen LogP contribution < -0.4 is 4.74 Å². The number of benzene rings is 1. The Morgan fingerprint density at radius 2 is 2.00 bits per heavy atom. The number of hydrogen-bond donors (Lipinski definition) is 0. The van der Waals surface area contributed by atoms with Gasteiger partial charge in [0.1, 0.15) is 5.75 Å². The number of ether oxygens (including phenoxy) is 1. The van der Waals surface area contributed by atoms with Gasteiger partial charge in [0.2, 0.25) is 0 Å². The minimum Gasteiger partial charge on any atom is -0.493 e. The van der Waals surface area contributed by atoms with Crippen LogP contribution in [0.4, 0.5) is 0 Å². The number of unbranched alkanes of at least 4 members (excludes halogenated alkanes) is 1. The zero-order valence-corrected chi connectivity index (χ0v) is 9.92. The maximum absolute atomic E-state index is 5.73. The molecule has 0 saturated carbocycles. The Labute approximate surface area is 92.8 Å². The van der Waals surface area contributed by atoms with Crippen LogP contribution in [-0.4, -0.2) is 6.61 Å². The molecule has 0 unspecified atom stereocenters. The van der Waals surface area contributed by atoms with E-state index >= 15 is 0 Å². The maximum atomic E-state index is 5.73. The van der Waals surface area contributed by atoms with Crippen molar-refractivity contribution in [3.05, 3.63) is 35.4 Å². The van der Waals surface area contributed by atoms with Crippen LogP contribution in [0.2, 0.25) is 0 Å². The highest BCUT2D eigenvalue weighted by Gasteiger charge is 1.99. The molecule has 0 aliphatic rings. The monoisotopic (exact) mass is 204 g/mol. The summed E-state index contributed by atoms with van der Waals surface area (Å²) in [6, 6.07) is 8.18. The van der Waals surface area contributed by atoms with Crippen molar-refractivity contribution >= 4 is 6.08 Å². The van der Waals surface area contributed by atoms with Crippen molar-refractivity contribution in [2.24, 2.45) is 0 Å². The Balaban J connectivity index is 2.73. The summed E-state index contributed by atoms with van der Waals surface area (Å²) in [4.78, 5) is 0. The molecule has 0 fully saturated rings. The van der Waals surface area contributed by atoms with Gasteiger partial charge in [-0.15, -0.1) is 0 Å². The third-order valence-electron chi connectivity index (χ3n) is 2.12. The first-order valence-corrected chi connectivity index (χ1v) is 5.60. The molecular formula is C14H20O. The van der Waals surface area contributed by atoms with E-state index in [1.54, 1.807) is 0 Å². The van der Waals surface area contributed by atoms with Gasteiger partial charge in [0.05, 0.1) is 6.61 Å². The lowest BCUT2D eigenvalue weighted by molar-refractivity contribution is 0.309. The summed E-state index contributed by atoms with van der Waals surface area (Å²) in [6.45, 7) is 7.18. The average Bonchev–Trinajstić information content (AvgIpc) is 2.20. The van der Waals surface area contributed by atoms with Crippen molar-refractivity contribution in [2.45, 2.75) is 33.6 Å². The van der Waals surface area contributed by atoms with Crippen molar-refractivity contribution in [3.63, 3.8) is 0 Å². The molecular weight excluding hydrogens is 184 g/mol. The fourth-order valence-corrected chi connectivity index (χ4v) is 1.37. The molecule has 0 heterocycles.